The normalized spacial score (nSPS) is 18.9. The summed E-state index contributed by atoms with van der Waals surface area (Å²) in [5.41, 5.74) is 6.26. The molecule has 3 N–H and O–H groups in total. The molecular formula is C19H19Cl2N3O5S. The predicted octanol–water partition coefficient (Wildman–Crippen LogP) is 3.14. The van der Waals surface area contributed by atoms with Crippen molar-refractivity contribution in [2.75, 3.05) is 30.8 Å². The van der Waals surface area contributed by atoms with E-state index in [2.05, 4.69) is 5.32 Å². The van der Waals surface area contributed by atoms with Gasteiger partial charge in [0, 0.05) is 18.3 Å². The Morgan fingerprint density at radius 1 is 1.10 bits per heavy atom. The van der Waals surface area contributed by atoms with Crippen molar-refractivity contribution in [3.05, 3.63) is 40.4 Å². The van der Waals surface area contributed by atoms with Crippen LogP contribution >= 0.6 is 23.2 Å². The lowest BCUT2D eigenvalue weighted by Gasteiger charge is -2.25. The van der Waals surface area contributed by atoms with Crippen molar-refractivity contribution in [3.63, 3.8) is 0 Å². The van der Waals surface area contributed by atoms with Gasteiger partial charge in [0.15, 0.2) is 11.5 Å². The Kier molecular flexibility index (Phi) is 5.71. The van der Waals surface area contributed by atoms with Crippen molar-refractivity contribution < 1.29 is 22.7 Å². The number of fused-ring (bicyclic) bond motifs is 1. The monoisotopic (exact) mass is 471 g/mol. The molecule has 2 aromatic rings. The van der Waals surface area contributed by atoms with Crippen LogP contribution < -0.4 is 20.5 Å². The molecule has 2 aromatic carbocycles. The van der Waals surface area contributed by atoms with Gasteiger partial charge in [-0.15, -0.1) is 0 Å². The van der Waals surface area contributed by atoms with E-state index < -0.39 is 22.0 Å². The largest absolute Gasteiger partial charge is 0.486 e. The molecule has 2 heterocycles. The smallest absolute Gasteiger partial charge is 0.243 e. The summed E-state index contributed by atoms with van der Waals surface area (Å²) in [6.07, 6.45) is 0.956. The molecule has 2 aliphatic heterocycles. The highest BCUT2D eigenvalue weighted by Crippen LogP contribution is 2.35. The Hall–Kier alpha value is -2.20. The average molecular weight is 472 g/mol. The van der Waals surface area contributed by atoms with Crippen LogP contribution in [-0.2, 0) is 14.8 Å². The van der Waals surface area contributed by atoms with E-state index in [1.165, 1.54) is 28.6 Å². The zero-order chi connectivity index (χ0) is 21.5. The van der Waals surface area contributed by atoms with Gasteiger partial charge in [0.05, 0.1) is 20.6 Å². The summed E-state index contributed by atoms with van der Waals surface area (Å²) in [6, 6.07) is 6.51. The second-order valence-electron chi connectivity index (χ2n) is 6.92. The highest BCUT2D eigenvalue weighted by atomic mass is 35.5. The number of nitrogens with zero attached hydrogens (tertiary/aromatic N) is 1. The second-order valence-corrected chi connectivity index (χ2v) is 9.63. The second kappa shape index (κ2) is 8.14. The summed E-state index contributed by atoms with van der Waals surface area (Å²) >= 11 is 12.0. The maximum atomic E-state index is 13.2. The molecule has 0 aromatic heterocycles. The number of anilines is 2. The van der Waals surface area contributed by atoms with Gasteiger partial charge in [-0.05, 0) is 37.1 Å². The quantitative estimate of drug-likeness (QED) is 0.662. The van der Waals surface area contributed by atoms with Crippen molar-refractivity contribution in [1.82, 2.24) is 4.31 Å². The van der Waals surface area contributed by atoms with Crippen molar-refractivity contribution in [1.29, 1.82) is 0 Å². The molecular weight excluding hydrogens is 453 g/mol. The first kappa shape index (κ1) is 21.0. The highest BCUT2D eigenvalue weighted by Gasteiger charge is 2.40. The Bertz CT molecular complexity index is 1090. The standard InChI is InChI=1S/C19H19Cl2N3O5S/c20-13-8-11(9-14(21)18(13)22)23-19(25)15-2-1-5-24(15)30(26,27)12-3-4-16-17(10-12)29-7-6-28-16/h3-4,8-10,15H,1-2,5-7,22H2,(H,23,25). The summed E-state index contributed by atoms with van der Waals surface area (Å²) < 4.78 is 38.6. The lowest BCUT2D eigenvalue weighted by molar-refractivity contribution is -0.119. The van der Waals surface area contributed by atoms with Crippen LogP contribution in [-0.4, -0.2) is 44.4 Å². The third-order valence-corrected chi connectivity index (χ3v) is 7.50. The number of amides is 1. The zero-order valence-corrected chi connectivity index (χ0v) is 18.1. The molecule has 0 aliphatic carbocycles. The number of hydrogen-bond acceptors (Lipinski definition) is 6. The summed E-state index contributed by atoms with van der Waals surface area (Å²) in [5, 5.41) is 3.08. The molecule has 2 aliphatic rings. The number of nitrogens with two attached hydrogens (primary N) is 1. The van der Waals surface area contributed by atoms with Crippen LogP contribution in [0.5, 0.6) is 11.5 Å². The van der Waals surface area contributed by atoms with Gasteiger partial charge in [0.2, 0.25) is 15.9 Å². The first-order chi connectivity index (χ1) is 14.3. The minimum atomic E-state index is -3.92. The molecule has 0 bridgehead atoms. The van der Waals surface area contributed by atoms with Crippen molar-refractivity contribution in [2.45, 2.75) is 23.8 Å². The fourth-order valence-corrected chi connectivity index (χ4v) is 5.65. The van der Waals surface area contributed by atoms with Gasteiger partial charge in [-0.2, -0.15) is 4.31 Å². The fourth-order valence-electron chi connectivity index (χ4n) is 3.49. The van der Waals surface area contributed by atoms with Crippen LogP contribution in [0.15, 0.2) is 35.2 Å². The van der Waals surface area contributed by atoms with E-state index in [1.807, 2.05) is 0 Å². The number of nitrogens with one attached hydrogen (secondary N) is 1. The molecule has 1 atom stereocenters. The minimum absolute atomic E-state index is 0.0463. The molecule has 30 heavy (non-hydrogen) atoms. The molecule has 1 saturated heterocycles. The molecule has 1 fully saturated rings. The Morgan fingerprint density at radius 3 is 2.47 bits per heavy atom. The Morgan fingerprint density at radius 2 is 1.77 bits per heavy atom. The lowest BCUT2D eigenvalue weighted by Crippen LogP contribution is -2.43. The van der Waals surface area contributed by atoms with E-state index >= 15 is 0 Å². The van der Waals surface area contributed by atoms with E-state index in [0.717, 1.165) is 0 Å². The van der Waals surface area contributed by atoms with Gasteiger partial charge in [-0.3, -0.25) is 4.79 Å². The zero-order valence-electron chi connectivity index (χ0n) is 15.7. The molecule has 0 radical (unpaired) electrons. The van der Waals surface area contributed by atoms with E-state index in [4.69, 9.17) is 38.4 Å². The maximum absolute atomic E-state index is 13.2. The lowest BCUT2D eigenvalue weighted by atomic mass is 10.2. The third-order valence-electron chi connectivity index (χ3n) is 4.97. The first-order valence-electron chi connectivity index (χ1n) is 9.24. The van der Waals surface area contributed by atoms with Gasteiger partial charge in [0.1, 0.15) is 19.3 Å². The summed E-state index contributed by atoms with van der Waals surface area (Å²) in [7, 11) is -3.92. The van der Waals surface area contributed by atoms with Crippen LogP contribution in [0, 0.1) is 0 Å². The number of benzene rings is 2. The number of rotatable bonds is 4. The third kappa shape index (κ3) is 3.90. The molecule has 4 rings (SSSR count). The molecule has 0 spiro atoms. The topological polar surface area (TPSA) is 111 Å². The van der Waals surface area contributed by atoms with E-state index in [-0.39, 0.29) is 27.2 Å². The highest BCUT2D eigenvalue weighted by molar-refractivity contribution is 7.89. The van der Waals surface area contributed by atoms with E-state index in [9.17, 15) is 13.2 Å². The Balaban J connectivity index is 1.57. The van der Waals surface area contributed by atoms with Crippen LogP contribution in [0.4, 0.5) is 11.4 Å². The summed E-state index contributed by atoms with van der Waals surface area (Å²) in [5.74, 6) is 0.396. The van der Waals surface area contributed by atoms with Gasteiger partial charge in [-0.25, -0.2) is 8.42 Å². The number of hydrogen-bond donors (Lipinski definition) is 2. The molecule has 1 amide bonds. The van der Waals surface area contributed by atoms with Crippen LogP contribution in [0.3, 0.4) is 0 Å². The van der Waals surface area contributed by atoms with Crippen molar-refractivity contribution in [2.24, 2.45) is 0 Å². The number of sulfonamides is 1. The van der Waals surface area contributed by atoms with Crippen LogP contribution in [0.25, 0.3) is 0 Å². The molecule has 160 valence electrons. The predicted molar refractivity (Wildman–Crippen MR) is 114 cm³/mol. The van der Waals surface area contributed by atoms with E-state index in [0.29, 0.717) is 43.2 Å². The van der Waals surface area contributed by atoms with Crippen LogP contribution in [0.1, 0.15) is 12.8 Å². The number of nitrogen functional groups attached to an aromatic ring is 1. The molecule has 11 heteroatoms. The number of halogens is 2. The SMILES string of the molecule is Nc1c(Cl)cc(NC(=O)C2CCCN2S(=O)(=O)c2ccc3c(c2)OCCO3)cc1Cl. The van der Waals surface area contributed by atoms with Gasteiger partial charge in [0.25, 0.3) is 0 Å². The minimum Gasteiger partial charge on any atom is -0.486 e. The van der Waals surface area contributed by atoms with Crippen molar-refractivity contribution >= 4 is 50.5 Å². The molecule has 0 saturated carbocycles. The first-order valence-corrected chi connectivity index (χ1v) is 11.4. The summed E-state index contributed by atoms with van der Waals surface area (Å²) in [6.45, 7) is 0.989. The van der Waals surface area contributed by atoms with Crippen molar-refractivity contribution in [3.8, 4) is 11.5 Å². The number of carbonyl (C=O) groups excluding carboxylic acids is 1. The number of ether oxygens (including phenoxy) is 2. The van der Waals surface area contributed by atoms with E-state index in [1.54, 1.807) is 6.07 Å². The van der Waals surface area contributed by atoms with Gasteiger partial charge >= 0.3 is 0 Å². The number of carbonyl (C=O) groups is 1. The van der Waals surface area contributed by atoms with Gasteiger partial charge in [-0.1, -0.05) is 23.2 Å². The molecule has 8 nitrogen and oxygen atoms in total. The average Bonchev–Trinajstić information content (AvgIpc) is 3.22. The Labute approximate surface area is 183 Å². The van der Waals surface area contributed by atoms with Gasteiger partial charge < -0.3 is 20.5 Å². The molecule has 1 unspecified atom stereocenters. The van der Waals surface area contributed by atoms with Crippen LogP contribution in [0.2, 0.25) is 10.0 Å². The fraction of sp³-hybridized carbons (Fsp3) is 0.316. The maximum Gasteiger partial charge on any atom is 0.243 e. The summed E-state index contributed by atoms with van der Waals surface area (Å²) in [4.78, 5) is 12.9.